The van der Waals surface area contributed by atoms with Crippen molar-refractivity contribution in [3.63, 3.8) is 0 Å². The van der Waals surface area contributed by atoms with Gasteiger partial charge in [-0.15, -0.1) is 5.10 Å². The molecule has 0 aliphatic rings. The quantitative estimate of drug-likeness (QED) is 0.798. The Hall–Kier alpha value is -2.69. The Balaban J connectivity index is 1.92. The average molecular weight is 281 g/mol. The summed E-state index contributed by atoms with van der Waals surface area (Å²) >= 11 is 0. The van der Waals surface area contributed by atoms with Crippen LogP contribution in [0.3, 0.4) is 0 Å². The first kappa shape index (κ1) is 13.3. The van der Waals surface area contributed by atoms with Gasteiger partial charge < -0.3 is 5.11 Å². The highest BCUT2D eigenvalue weighted by atomic mass is 16.4. The van der Waals surface area contributed by atoms with Gasteiger partial charge in [0.25, 0.3) is 0 Å². The molecule has 0 amide bonds. The largest absolute Gasteiger partial charge is 0.478 e. The van der Waals surface area contributed by atoms with Crippen molar-refractivity contribution in [3.8, 4) is 0 Å². The number of nitrogens with zero attached hydrogens (tertiary/aromatic N) is 3. The first-order chi connectivity index (χ1) is 10.1. The second kappa shape index (κ2) is 5.36. The Kier molecular flexibility index (Phi) is 3.39. The third-order valence-electron chi connectivity index (χ3n) is 3.46. The van der Waals surface area contributed by atoms with Crippen LogP contribution in [-0.4, -0.2) is 26.1 Å². The number of aryl methyl sites for hydroxylation is 3. The van der Waals surface area contributed by atoms with E-state index in [1.165, 1.54) is 11.1 Å². The molecule has 5 heteroatoms. The molecule has 1 heterocycles. The maximum absolute atomic E-state index is 11.3. The maximum atomic E-state index is 11.3. The average Bonchev–Trinajstić information content (AvgIpc) is 2.88. The smallest absolute Gasteiger partial charge is 0.337 e. The van der Waals surface area contributed by atoms with Crippen molar-refractivity contribution in [2.75, 3.05) is 0 Å². The zero-order valence-electron chi connectivity index (χ0n) is 11.7. The third-order valence-corrected chi connectivity index (χ3v) is 3.46. The summed E-state index contributed by atoms with van der Waals surface area (Å²) < 4.78 is 1.67. The second-order valence-corrected chi connectivity index (χ2v) is 5.03. The van der Waals surface area contributed by atoms with Crippen LogP contribution in [0, 0.1) is 6.92 Å². The monoisotopic (exact) mass is 281 g/mol. The fourth-order valence-corrected chi connectivity index (χ4v) is 2.46. The normalized spacial score (nSPS) is 10.9. The lowest BCUT2D eigenvalue weighted by atomic mass is 10.1. The highest BCUT2D eigenvalue weighted by molar-refractivity contribution is 6.00. The highest BCUT2D eigenvalue weighted by Crippen LogP contribution is 2.17. The van der Waals surface area contributed by atoms with E-state index >= 15 is 0 Å². The van der Waals surface area contributed by atoms with Crippen molar-refractivity contribution in [2.45, 2.75) is 19.9 Å². The number of carboxylic acid groups (broad SMARTS) is 1. The number of para-hydroxylation sites is 1. The van der Waals surface area contributed by atoms with Gasteiger partial charge in [0.05, 0.1) is 5.56 Å². The molecule has 0 fully saturated rings. The van der Waals surface area contributed by atoms with Gasteiger partial charge in [-0.05, 0) is 31.0 Å². The highest BCUT2D eigenvalue weighted by Gasteiger charge is 2.14. The van der Waals surface area contributed by atoms with Crippen molar-refractivity contribution in [1.82, 2.24) is 15.0 Å². The molecule has 1 aromatic heterocycles. The number of hydrogen-bond acceptors (Lipinski definition) is 3. The molecule has 0 bridgehead atoms. The second-order valence-electron chi connectivity index (χ2n) is 5.03. The van der Waals surface area contributed by atoms with Crippen molar-refractivity contribution < 1.29 is 9.90 Å². The van der Waals surface area contributed by atoms with E-state index in [-0.39, 0.29) is 5.56 Å². The Bertz CT molecular complexity index is 808. The van der Waals surface area contributed by atoms with E-state index in [4.69, 9.17) is 0 Å². The molecule has 3 aromatic rings. The lowest BCUT2D eigenvalue weighted by Gasteiger charge is -2.05. The minimum atomic E-state index is -0.959. The van der Waals surface area contributed by atoms with E-state index < -0.39 is 5.97 Å². The van der Waals surface area contributed by atoms with Gasteiger partial charge in [-0.1, -0.05) is 41.1 Å². The van der Waals surface area contributed by atoms with Crippen LogP contribution in [0.2, 0.25) is 0 Å². The fraction of sp³-hybridized carbons (Fsp3) is 0.188. The van der Waals surface area contributed by atoms with Gasteiger partial charge in [-0.25, -0.2) is 9.48 Å². The number of benzene rings is 2. The minimum absolute atomic E-state index is 0.238. The van der Waals surface area contributed by atoms with E-state index in [1.807, 2.05) is 6.07 Å². The molecule has 1 N–H and O–H groups in total. The molecule has 3 rings (SSSR count). The number of carbonyl (C=O) groups is 1. The Morgan fingerprint density at radius 3 is 2.81 bits per heavy atom. The van der Waals surface area contributed by atoms with Crippen LogP contribution in [0.5, 0.6) is 0 Å². The van der Waals surface area contributed by atoms with E-state index in [1.54, 1.807) is 22.9 Å². The Morgan fingerprint density at radius 1 is 1.24 bits per heavy atom. The van der Waals surface area contributed by atoms with Gasteiger partial charge in [0.2, 0.25) is 0 Å². The Labute approximate surface area is 121 Å². The van der Waals surface area contributed by atoms with Crippen LogP contribution in [-0.2, 0) is 13.0 Å². The summed E-state index contributed by atoms with van der Waals surface area (Å²) in [6.45, 7) is 2.65. The number of aromatic carboxylic acids is 1. The summed E-state index contributed by atoms with van der Waals surface area (Å²) in [5.74, 6) is -0.959. The molecular formula is C16H15N3O2. The van der Waals surface area contributed by atoms with E-state index in [2.05, 4.69) is 35.4 Å². The van der Waals surface area contributed by atoms with Crippen LogP contribution in [0.15, 0.2) is 42.5 Å². The summed E-state index contributed by atoms with van der Waals surface area (Å²) in [7, 11) is 0. The number of fused-ring (bicyclic) bond motifs is 1. The standard InChI is InChI=1S/C16H15N3O2/c1-11-4-2-5-12(10-11)8-9-19-15-13(16(20)21)6-3-7-14(15)17-18-19/h2-7,10H,8-9H2,1H3,(H,20,21). The molecule has 0 aliphatic heterocycles. The van der Waals surface area contributed by atoms with Gasteiger partial charge in [0.1, 0.15) is 11.0 Å². The molecule has 0 spiro atoms. The van der Waals surface area contributed by atoms with Crippen LogP contribution in [0.25, 0.3) is 11.0 Å². The van der Waals surface area contributed by atoms with Crippen molar-refractivity contribution in [2.24, 2.45) is 0 Å². The molecule has 106 valence electrons. The SMILES string of the molecule is Cc1cccc(CCn2nnc3cccc(C(=O)O)c32)c1. The van der Waals surface area contributed by atoms with Crippen molar-refractivity contribution >= 4 is 17.0 Å². The molecule has 0 radical (unpaired) electrons. The molecule has 0 unspecified atom stereocenters. The predicted molar refractivity (Wildman–Crippen MR) is 79.4 cm³/mol. The fourth-order valence-electron chi connectivity index (χ4n) is 2.46. The lowest BCUT2D eigenvalue weighted by Crippen LogP contribution is -2.07. The van der Waals surface area contributed by atoms with Crippen molar-refractivity contribution in [3.05, 3.63) is 59.2 Å². The Morgan fingerprint density at radius 2 is 2.05 bits per heavy atom. The van der Waals surface area contributed by atoms with Crippen molar-refractivity contribution in [1.29, 1.82) is 0 Å². The number of carboxylic acids is 1. The van der Waals surface area contributed by atoms with Gasteiger partial charge in [-0.3, -0.25) is 0 Å². The minimum Gasteiger partial charge on any atom is -0.478 e. The van der Waals surface area contributed by atoms with E-state index in [0.29, 0.717) is 17.6 Å². The topological polar surface area (TPSA) is 68.0 Å². The number of hydrogen-bond donors (Lipinski definition) is 1. The predicted octanol–water partition coefficient (Wildman–Crippen LogP) is 2.68. The van der Waals surface area contributed by atoms with Gasteiger partial charge in [0.15, 0.2) is 0 Å². The molecular weight excluding hydrogens is 266 g/mol. The molecule has 0 saturated heterocycles. The number of aromatic nitrogens is 3. The summed E-state index contributed by atoms with van der Waals surface area (Å²) in [5.41, 5.74) is 3.84. The zero-order valence-corrected chi connectivity index (χ0v) is 11.7. The summed E-state index contributed by atoms with van der Waals surface area (Å²) in [4.78, 5) is 11.3. The maximum Gasteiger partial charge on any atom is 0.337 e. The van der Waals surface area contributed by atoms with E-state index in [9.17, 15) is 9.90 Å². The van der Waals surface area contributed by atoms with Gasteiger partial charge >= 0.3 is 5.97 Å². The molecule has 0 atom stereocenters. The van der Waals surface area contributed by atoms with Crippen LogP contribution < -0.4 is 0 Å². The summed E-state index contributed by atoms with van der Waals surface area (Å²) in [5, 5.41) is 17.4. The van der Waals surface area contributed by atoms with Gasteiger partial charge in [0, 0.05) is 6.54 Å². The number of rotatable bonds is 4. The molecule has 0 aliphatic carbocycles. The molecule has 0 saturated carbocycles. The van der Waals surface area contributed by atoms with Crippen LogP contribution >= 0.6 is 0 Å². The molecule has 21 heavy (non-hydrogen) atoms. The zero-order chi connectivity index (χ0) is 14.8. The third kappa shape index (κ3) is 2.63. The first-order valence-corrected chi connectivity index (χ1v) is 6.76. The summed E-state index contributed by atoms with van der Waals surface area (Å²) in [6.07, 6.45) is 0.786. The first-order valence-electron chi connectivity index (χ1n) is 6.76. The molecule has 2 aromatic carbocycles. The lowest BCUT2D eigenvalue weighted by molar-refractivity contribution is 0.0698. The summed E-state index contributed by atoms with van der Waals surface area (Å²) in [6, 6.07) is 13.3. The van der Waals surface area contributed by atoms with E-state index in [0.717, 1.165) is 6.42 Å². The van der Waals surface area contributed by atoms with Crippen LogP contribution in [0.1, 0.15) is 21.5 Å². The van der Waals surface area contributed by atoms with Crippen LogP contribution in [0.4, 0.5) is 0 Å². The van der Waals surface area contributed by atoms with Gasteiger partial charge in [-0.2, -0.15) is 0 Å². The molecule has 5 nitrogen and oxygen atoms in total.